The van der Waals surface area contributed by atoms with Crippen molar-refractivity contribution in [2.45, 2.75) is 38.5 Å². The molecule has 0 saturated heterocycles. The predicted molar refractivity (Wildman–Crippen MR) is 107 cm³/mol. The molecule has 2 atom stereocenters. The third kappa shape index (κ3) is 3.54. The maximum Gasteiger partial charge on any atom is 0.122 e. The molecule has 1 aliphatic carbocycles. The molecule has 2 aromatic carbocycles. The maximum absolute atomic E-state index is 9.71. The van der Waals surface area contributed by atoms with Crippen LogP contribution in [0.15, 0.2) is 30.3 Å². The van der Waals surface area contributed by atoms with Crippen LogP contribution in [0.25, 0.3) is 11.1 Å². The molecule has 2 aromatic rings. The number of aromatic hydroxyl groups is 1. The van der Waals surface area contributed by atoms with E-state index in [1.165, 1.54) is 31.2 Å². The topological polar surface area (TPSA) is 46.2 Å². The number of nitrogens with two attached hydrogens (primary N) is 1. The Morgan fingerprint density at radius 3 is 2.30 bits per heavy atom. The summed E-state index contributed by atoms with van der Waals surface area (Å²) in [6.07, 6.45) is 5.15. The normalized spacial score (nSPS) is 21.3. The summed E-state index contributed by atoms with van der Waals surface area (Å²) < 4.78 is 0. The van der Waals surface area contributed by atoms with Gasteiger partial charge in [0, 0.05) is 16.6 Å². The van der Waals surface area contributed by atoms with Gasteiger partial charge in [-0.2, -0.15) is 0 Å². The van der Waals surface area contributed by atoms with E-state index in [2.05, 4.69) is 37.5 Å². The summed E-state index contributed by atoms with van der Waals surface area (Å²) >= 11 is 0. The maximum atomic E-state index is 9.71. The molecule has 122 valence electrons. The fourth-order valence-electron chi connectivity index (χ4n) is 3.58. The van der Waals surface area contributed by atoms with E-state index in [-0.39, 0.29) is 5.75 Å². The SMILES string of the molecule is CC1CCC(c2cc(N)c(-c3ccc(O)c(P)c3)c(P)c2)CC1. The van der Waals surface area contributed by atoms with Crippen molar-refractivity contribution >= 4 is 34.8 Å². The minimum absolute atomic E-state index is 0.288. The lowest BCUT2D eigenvalue weighted by molar-refractivity contribution is 0.348. The second-order valence-corrected chi connectivity index (χ2v) is 8.05. The van der Waals surface area contributed by atoms with Gasteiger partial charge in [-0.3, -0.25) is 0 Å². The third-order valence-corrected chi connectivity index (χ3v) is 5.94. The standard InChI is InChI=1S/C19H25NOP2/c1-11-2-4-12(5-3-11)14-8-15(20)19(18(23)10-14)13-6-7-16(21)17(22)9-13/h6-12,21H,2-5,20,22-23H2,1H3. The summed E-state index contributed by atoms with van der Waals surface area (Å²) in [7, 11) is 5.40. The van der Waals surface area contributed by atoms with Gasteiger partial charge in [0.1, 0.15) is 5.75 Å². The zero-order valence-corrected chi connectivity index (χ0v) is 15.9. The second-order valence-electron chi connectivity index (χ2n) is 6.80. The summed E-state index contributed by atoms with van der Waals surface area (Å²) in [5, 5.41) is 11.6. The predicted octanol–water partition coefficient (Wildman–Crippen LogP) is 3.94. The van der Waals surface area contributed by atoms with Crippen LogP contribution in [0.1, 0.15) is 44.1 Å². The molecule has 3 rings (SSSR count). The van der Waals surface area contributed by atoms with Gasteiger partial charge in [-0.1, -0.05) is 31.9 Å². The Labute approximate surface area is 143 Å². The van der Waals surface area contributed by atoms with Crippen molar-refractivity contribution in [2.75, 3.05) is 5.73 Å². The Morgan fingerprint density at radius 2 is 1.70 bits per heavy atom. The van der Waals surface area contributed by atoms with Crippen molar-refractivity contribution in [3.05, 3.63) is 35.9 Å². The van der Waals surface area contributed by atoms with Crippen LogP contribution in [0.2, 0.25) is 0 Å². The van der Waals surface area contributed by atoms with Crippen molar-refractivity contribution < 1.29 is 5.11 Å². The van der Waals surface area contributed by atoms with Crippen molar-refractivity contribution in [1.82, 2.24) is 0 Å². The molecular weight excluding hydrogens is 320 g/mol. The lowest BCUT2D eigenvalue weighted by Crippen LogP contribution is -2.13. The molecule has 23 heavy (non-hydrogen) atoms. The van der Waals surface area contributed by atoms with Crippen LogP contribution in [0.4, 0.5) is 5.69 Å². The molecule has 4 heteroatoms. The first-order chi connectivity index (χ1) is 11.0. The van der Waals surface area contributed by atoms with Crippen LogP contribution >= 0.6 is 18.5 Å². The molecule has 0 amide bonds. The number of hydrogen-bond acceptors (Lipinski definition) is 2. The molecular formula is C19H25NOP2. The second kappa shape index (κ2) is 6.80. The zero-order valence-electron chi connectivity index (χ0n) is 13.5. The van der Waals surface area contributed by atoms with Gasteiger partial charge in [0.05, 0.1) is 0 Å². The average molecular weight is 345 g/mol. The van der Waals surface area contributed by atoms with Gasteiger partial charge in [0.15, 0.2) is 0 Å². The molecule has 0 radical (unpaired) electrons. The van der Waals surface area contributed by atoms with E-state index in [1.54, 1.807) is 6.07 Å². The van der Waals surface area contributed by atoms with Crippen molar-refractivity contribution in [3.63, 3.8) is 0 Å². The highest BCUT2D eigenvalue weighted by molar-refractivity contribution is 7.28. The first-order valence-electron chi connectivity index (χ1n) is 8.23. The molecule has 2 nitrogen and oxygen atoms in total. The monoisotopic (exact) mass is 345 g/mol. The summed E-state index contributed by atoms with van der Waals surface area (Å²) in [6, 6.07) is 10.0. The van der Waals surface area contributed by atoms with E-state index in [4.69, 9.17) is 5.73 Å². The molecule has 0 aromatic heterocycles. The molecule has 0 spiro atoms. The Balaban J connectivity index is 1.95. The number of hydrogen-bond donors (Lipinski definition) is 2. The molecule has 3 N–H and O–H groups in total. The summed E-state index contributed by atoms with van der Waals surface area (Å²) in [4.78, 5) is 0. The number of anilines is 1. The van der Waals surface area contributed by atoms with Crippen molar-refractivity contribution in [1.29, 1.82) is 0 Å². The molecule has 0 heterocycles. The van der Waals surface area contributed by atoms with E-state index in [0.717, 1.165) is 33.3 Å². The number of phenolic OH excluding ortho intramolecular Hbond substituents is 1. The lowest BCUT2D eigenvalue weighted by atomic mass is 9.79. The highest BCUT2D eigenvalue weighted by Gasteiger charge is 2.21. The highest BCUT2D eigenvalue weighted by atomic mass is 31.0. The van der Waals surface area contributed by atoms with Gasteiger partial charge in [0.2, 0.25) is 0 Å². The minimum atomic E-state index is 0.288. The van der Waals surface area contributed by atoms with Gasteiger partial charge < -0.3 is 10.8 Å². The van der Waals surface area contributed by atoms with Crippen LogP contribution < -0.4 is 16.3 Å². The number of phenols is 1. The zero-order chi connectivity index (χ0) is 16.6. The van der Waals surface area contributed by atoms with Gasteiger partial charge in [-0.25, -0.2) is 0 Å². The lowest BCUT2D eigenvalue weighted by Gasteiger charge is -2.27. The molecule has 0 bridgehead atoms. The van der Waals surface area contributed by atoms with Crippen LogP contribution in [0, 0.1) is 5.92 Å². The van der Waals surface area contributed by atoms with E-state index >= 15 is 0 Å². The van der Waals surface area contributed by atoms with E-state index in [0.29, 0.717) is 5.92 Å². The Bertz CT molecular complexity index is 698. The number of benzene rings is 2. The summed E-state index contributed by atoms with van der Waals surface area (Å²) in [5.74, 6) is 1.78. The summed E-state index contributed by atoms with van der Waals surface area (Å²) in [6.45, 7) is 2.35. The smallest absolute Gasteiger partial charge is 0.122 e. The Morgan fingerprint density at radius 1 is 1.00 bits per heavy atom. The van der Waals surface area contributed by atoms with E-state index in [9.17, 15) is 5.11 Å². The molecule has 1 saturated carbocycles. The van der Waals surface area contributed by atoms with Crippen LogP contribution in [-0.2, 0) is 0 Å². The molecule has 1 aliphatic rings. The van der Waals surface area contributed by atoms with Gasteiger partial charge >= 0.3 is 0 Å². The number of nitrogen functional groups attached to an aromatic ring is 1. The van der Waals surface area contributed by atoms with Gasteiger partial charge in [-0.15, -0.1) is 18.5 Å². The van der Waals surface area contributed by atoms with E-state index < -0.39 is 0 Å². The average Bonchev–Trinajstić information content (AvgIpc) is 2.51. The van der Waals surface area contributed by atoms with Crippen molar-refractivity contribution in [2.24, 2.45) is 5.92 Å². The fourth-order valence-corrected chi connectivity index (χ4v) is 4.39. The first kappa shape index (κ1) is 16.7. The minimum Gasteiger partial charge on any atom is -0.507 e. The van der Waals surface area contributed by atoms with Crippen molar-refractivity contribution in [3.8, 4) is 16.9 Å². The first-order valence-corrected chi connectivity index (χ1v) is 9.39. The summed E-state index contributed by atoms with van der Waals surface area (Å²) in [5.41, 5.74) is 10.7. The van der Waals surface area contributed by atoms with Crippen LogP contribution in [0.5, 0.6) is 5.75 Å². The van der Waals surface area contributed by atoms with Gasteiger partial charge in [-0.05, 0) is 59.3 Å². The van der Waals surface area contributed by atoms with Crippen LogP contribution in [0.3, 0.4) is 0 Å². The Hall–Kier alpha value is -1.10. The Kier molecular flexibility index (Phi) is 4.95. The number of rotatable bonds is 2. The third-order valence-electron chi connectivity index (χ3n) is 5.03. The molecule has 2 unspecified atom stereocenters. The fraction of sp³-hybridized carbons (Fsp3) is 0.368. The van der Waals surface area contributed by atoms with Gasteiger partial charge in [0.25, 0.3) is 0 Å². The highest BCUT2D eigenvalue weighted by Crippen LogP contribution is 2.38. The largest absolute Gasteiger partial charge is 0.507 e. The molecule has 0 aliphatic heterocycles. The van der Waals surface area contributed by atoms with E-state index in [1.807, 2.05) is 12.1 Å². The molecule has 1 fully saturated rings. The quantitative estimate of drug-likeness (QED) is 0.640. The van der Waals surface area contributed by atoms with Crippen LogP contribution in [-0.4, -0.2) is 5.11 Å².